The highest BCUT2D eigenvalue weighted by atomic mass is 32.2. The Kier molecular flexibility index (Phi) is 7.51. The largest absolute Gasteiger partial charge is 0.348 e. The summed E-state index contributed by atoms with van der Waals surface area (Å²) in [5.74, 6) is 0.776. The van der Waals surface area contributed by atoms with Gasteiger partial charge in [-0.05, 0) is 75.6 Å². The van der Waals surface area contributed by atoms with Crippen molar-refractivity contribution in [2.75, 3.05) is 26.2 Å². The van der Waals surface area contributed by atoms with E-state index in [9.17, 15) is 13.2 Å². The average Bonchev–Trinajstić information content (AvgIpc) is 3.63. The van der Waals surface area contributed by atoms with Crippen LogP contribution in [0.2, 0.25) is 0 Å². The summed E-state index contributed by atoms with van der Waals surface area (Å²) in [5.41, 5.74) is 3.43. The standard InChI is InChI=1S/C26H35N3O3S/c1-19-5-9-22(10-6-19)26(23-11-12-23)28-25(30)18-29-15-3-4-21(17-29)16-27-33(31,32)24-13-7-20(2)8-14-24/h5-10,13-14,21,23,26-27H,3-4,11-12,15-18H2,1-2H3,(H,28,30). The molecule has 1 amide bonds. The van der Waals surface area contributed by atoms with Crippen LogP contribution in [0, 0.1) is 25.7 Å². The molecule has 6 nitrogen and oxygen atoms in total. The van der Waals surface area contributed by atoms with Crippen LogP contribution in [-0.4, -0.2) is 45.4 Å². The topological polar surface area (TPSA) is 78.5 Å². The first-order chi connectivity index (χ1) is 15.8. The zero-order valence-corrected chi connectivity index (χ0v) is 20.4. The SMILES string of the molecule is Cc1ccc(C(NC(=O)CN2CCCC(CNS(=O)(=O)c3ccc(C)cc3)C2)C2CC2)cc1. The molecular weight excluding hydrogens is 434 g/mol. The first-order valence-electron chi connectivity index (χ1n) is 11.9. The maximum Gasteiger partial charge on any atom is 0.240 e. The molecule has 4 rings (SSSR count). The van der Waals surface area contributed by atoms with E-state index in [1.807, 2.05) is 6.92 Å². The lowest BCUT2D eigenvalue weighted by Gasteiger charge is -2.32. The number of amides is 1. The zero-order chi connectivity index (χ0) is 23.4. The van der Waals surface area contributed by atoms with Crippen LogP contribution < -0.4 is 10.0 Å². The van der Waals surface area contributed by atoms with Crippen molar-refractivity contribution >= 4 is 15.9 Å². The molecule has 1 heterocycles. The summed E-state index contributed by atoms with van der Waals surface area (Å²) in [5, 5.41) is 3.27. The Bertz CT molecular complexity index is 1050. The molecule has 33 heavy (non-hydrogen) atoms. The van der Waals surface area contributed by atoms with Gasteiger partial charge in [-0.3, -0.25) is 9.69 Å². The number of benzene rings is 2. The van der Waals surface area contributed by atoms with Gasteiger partial charge >= 0.3 is 0 Å². The third kappa shape index (κ3) is 6.65. The minimum atomic E-state index is -3.52. The number of nitrogens with one attached hydrogen (secondary N) is 2. The van der Waals surface area contributed by atoms with Crippen molar-refractivity contribution in [2.24, 2.45) is 11.8 Å². The minimum absolute atomic E-state index is 0.0494. The average molecular weight is 470 g/mol. The second kappa shape index (κ2) is 10.4. The van der Waals surface area contributed by atoms with Crippen LogP contribution >= 0.6 is 0 Å². The Labute approximate surface area is 197 Å². The first-order valence-corrected chi connectivity index (χ1v) is 13.4. The van der Waals surface area contributed by atoms with Crippen LogP contribution in [0.25, 0.3) is 0 Å². The number of aryl methyl sites for hydroxylation is 2. The Balaban J connectivity index is 1.28. The van der Waals surface area contributed by atoms with Crippen molar-refractivity contribution in [1.29, 1.82) is 0 Å². The van der Waals surface area contributed by atoms with Crippen LogP contribution in [-0.2, 0) is 14.8 Å². The van der Waals surface area contributed by atoms with Gasteiger partial charge in [-0.15, -0.1) is 0 Å². The smallest absolute Gasteiger partial charge is 0.240 e. The number of nitrogens with zero attached hydrogens (tertiary/aromatic N) is 1. The molecule has 0 radical (unpaired) electrons. The van der Waals surface area contributed by atoms with Gasteiger partial charge in [0.2, 0.25) is 15.9 Å². The molecular formula is C26H35N3O3S. The minimum Gasteiger partial charge on any atom is -0.348 e. The number of hydrogen-bond donors (Lipinski definition) is 2. The summed E-state index contributed by atoms with van der Waals surface area (Å²) in [4.78, 5) is 15.3. The lowest BCUT2D eigenvalue weighted by atomic mass is 9.98. The third-order valence-electron chi connectivity index (χ3n) is 6.71. The molecule has 2 fully saturated rings. The molecule has 2 N–H and O–H groups in total. The fraction of sp³-hybridized carbons (Fsp3) is 0.500. The molecule has 2 unspecified atom stereocenters. The highest BCUT2D eigenvalue weighted by molar-refractivity contribution is 7.89. The van der Waals surface area contributed by atoms with Crippen molar-refractivity contribution in [3.05, 3.63) is 65.2 Å². The molecule has 0 spiro atoms. The van der Waals surface area contributed by atoms with E-state index in [2.05, 4.69) is 46.1 Å². The van der Waals surface area contributed by atoms with Gasteiger partial charge in [0.1, 0.15) is 0 Å². The van der Waals surface area contributed by atoms with Crippen LogP contribution in [0.5, 0.6) is 0 Å². The predicted molar refractivity (Wildman–Crippen MR) is 130 cm³/mol. The molecule has 1 aliphatic carbocycles. The van der Waals surface area contributed by atoms with Gasteiger partial charge < -0.3 is 5.32 Å². The number of hydrogen-bond acceptors (Lipinski definition) is 4. The quantitative estimate of drug-likeness (QED) is 0.589. The van der Waals surface area contributed by atoms with Gasteiger partial charge in [0.05, 0.1) is 17.5 Å². The van der Waals surface area contributed by atoms with Gasteiger partial charge in [-0.1, -0.05) is 47.5 Å². The van der Waals surface area contributed by atoms with E-state index in [-0.39, 0.29) is 17.9 Å². The number of sulfonamides is 1. The van der Waals surface area contributed by atoms with E-state index >= 15 is 0 Å². The number of piperidine rings is 1. The van der Waals surface area contributed by atoms with Gasteiger partial charge in [0.15, 0.2) is 0 Å². The van der Waals surface area contributed by atoms with Crippen molar-refractivity contribution in [3.8, 4) is 0 Å². The lowest BCUT2D eigenvalue weighted by molar-refractivity contribution is -0.123. The molecule has 1 saturated heterocycles. The molecule has 2 aliphatic rings. The Hall–Kier alpha value is -2.22. The number of rotatable bonds is 9. The molecule has 1 aliphatic heterocycles. The van der Waals surface area contributed by atoms with Gasteiger partial charge in [0, 0.05) is 13.1 Å². The fourth-order valence-electron chi connectivity index (χ4n) is 4.59. The van der Waals surface area contributed by atoms with E-state index in [1.165, 1.54) is 11.1 Å². The summed E-state index contributed by atoms with van der Waals surface area (Å²) in [7, 11) is -3.52. The molecule has 178 valence electrons. The number of carbonyl (C=O) groups excluding carboxylic acids is 1. The van der Waals surface area contributed by atoms with Gasteiger partial charge in [-0.25, -0.2) is 13.1 Å². The normalized spacial score (nSPS) is 20.4. The highest BCUT2D eigenvalue weighted by Crippen LogP contribution is 2.41. The zero-order valence-electron chi connectivity index (χ0n) is 19.6. The Morgan fingerprint density at radius 1 is 1.00 bits per heavy atom. The van der Waals surface area contributed by atoms with Crippen molar-refractivity contribution < 1.29 is 13.2 Å². The summed E-state index contributed by atoms with van der Waals surface area (Å²) >= 11 is 0. The van der Waals surface area contributed by atoms with Crippen LogP contribution in [0.15, 0.2) is 53.4 Å². The third-order valence-corrected chi connectivity index (χ3v) is 8.15. The first kappa shape index (κ1) is 23.9. The molecule has 2 aromatic rings. The second-order valence-corrected chi connectivity index (χ2v) is 11.5. The summed E-state index contributed by atoms with van der Waals surface area (Å²) < 4.78 is 28.0. The molecule has 1 saturated carbocycles. The van der Waals surface area contributed by atoms with E-state index in [1.54, 1.807) is 24.3 Å². The maximum absolute atomic E-state index is 12.9. The molecule has 0 bridgehead atoms. The van der Waals surface area contributed by atoms with E-state index < -0.39 is 10.0 Å². The van der Waals surface area contributed by atoms with E-state index in [0.717, 1.165) is 44.3 Å². The molecule has 0 aromatic heterocycles. The molecule has 2 atom stereocenters. The summed E-state index contributed by atoms with van der Waals surface area (Å²) in [6, 6.07) is 15.4. The van der Waals surface area contributed by atoms with E-state index in [4.69, 9.17) is 0 Å². The van der Waals surface area contributed by atoms with Crippen molar-refractivity contribution in [2.45, 2.75) is 50.5 Å². The highest BCUT2D eigenvalue weighted by Gasteiger charge is 2.34. The number of carbonyl (C=O) groups is 1. The second-order valence-electron chi connectivity index (χ2n) is 9.70. The van der Waals surface area contributed by atoms with Crippen molar-refractivity contribution in [3.63, 3.8) is 0 Å². The molecule has 2 aromatic carbocycles. The predicted octanol–water partition coefficient (Wildman–Crippen LogP) is 3.56. The van der Waals surface area contributed by atoms with Crippen LogP contribution in [0.4, 0.5) is 0 Å². The van der Waals surface area contributed by atoms with Gasteiger partial charge in [-0.2, -0.15) is 0 Å². The van der Waals surface area contributed by atoms with E-state index in [0.29, 0.717) is 23.9 Å². The monoisotopic (exact) mass is 469 g/mol. The Morgan fingerprint density at radius 2 is 1.64 bits per heavy atom. The fourth-order valence-corrected chi connectivity index (χ4v) is 5.70. The lowest BCUT2D eigenvalue weighted by Crippen LogP contribution is -2.45. The maximum atomic E-state index is 12.9. The summed E-state index contributed by atoms with van der Waals surface area (Å²) in [6.07, 6.45) is 4.24. The molecule has 7 heteroatoms. The Morgan fingerprint density at radius 3 is 2.27 bits per heavy atom. The van der Waals surface area contributed by atoms with Gasteiger partial charge in [0.25, 0.3) is 0 Å². The summed E-state index contributed by atoms with van der Waals surface area (Å²) in [6.45, 7) is 6.35. The van der Waals surface area contributed by atoms with Crippen LogP contribution in [0.1, 0.15) is 48.4 Å². The van der Waals surface area contributed by atoms with Crippen molar-refractivity contribution in [1.82, 2.24) is 14.9 Å². The van der Waals surface area contributed by atoms with Crippen LogP contribution in [0.3, 0.4) is 0 Å². The number of likely N-dealkylation sites (tertiary alicyclic amines) is 1.